The van der Waals surface area contributed by atoms with E-state index in [0.717, 1.165) is 0 Å². The van der Waals surface area contributed by atoms with Crippen molar-refractivity contribution in [2.45, 2.75) is 32.2 Å². The first-order chi connectivity index (χ1) is 5.05. The van der Waals surface area contributed by atoms with E-state index in [4.69, 9.17) is 9.47 Å². The normalized spacial score (nSPS) is 28.2. The summed E-state index contributed by atoms with van der Waals surface area (Å²) in [5.74, 6) is -1.38. The Bertz CT molecular complexity index is 185. The Morgan fingerprint density at radius 1 is 1.64 bits per heavy atom. The van der Waals surface area contributed by atoms with Crippen molar-refractivity contribution in [1.82, 2.24) is 0 Å². The lowest BCUT2D eigenvalue weighted by molar-refractivity contribution is -0.160. The van der Waals surface area contributed by atoms with Gasteiger partial charge in [0.2, 0.25) is 12.1 Å². The van der Waals surface area contributed by atoms with Crippen LogP contribution in [0, 0.1) is 0 Å². The summed E-state index contributed by atoms with van der Waals surface area (Å²) in [5, 5.41) is 0. The summed E-state index contributed by atoms with van der Waals surface area (Å²) in [6.45, 7) is 3.24. The van der Waals surface area contributed by atoms with Crippen molar-refractivity contribution in [3.05, 3.63) is 0 Å². The quantitative estimate of drug-likeness (QED) is 0.536. The van der Waals surface area contributed by atoms with E-state index in [1.165, 1.54) is 0 Å². The average molecular weight is 157 g/mol. The van der Waals surface area contributed by atoms with Crippen LogP contribution in [0.25, 0.3) is 0 Å². The molecular formula is C7H9O4. The monoisotopic (exact) mass is 157 g/mol. The number of cyclic esters (lactones) is 1. The van der Waals surface area contributed by atoms with Gasteiger partial charge in [-0.3, -0.25) is 4.79 Å². The molecule has 1 radical (unpaired) electrons. The second-order valence-corrected chi connectivity index (χ2v) is 2.78. The first-order valence-electron chi connectivity index (χ1n) is 3.31. The van der Waals surface area contributed by atoms with Crippen LogP contribution in [0.2, 0.25) is 0 Å². The fourth-order valence-corrected chi connectivity index (χ4v) is 0.923. The Balaban J connectivity index is 2.59. The molecule has 0 aromatic heterocycles. The van der Waals surface area contributed by atoms with Crippen molar-refractivity contribution in [2.24, 2.45) is 0 Å². The van der Waals surface area contributed by atoms with Crippen molar-refractivity contribution in [2.75, 3.05) is 0 Å². The summed E-state index contributed by atoms with van der Waals surface area (Å²) in [6, 6.07) is 0. The number of carbonyl (C=O) groups is 1. The van der Waals surface area contributed by atoms with Crippen molar-refractivity contribution in [3.8, 4) is 0 Å². The molecule has 1 aliphatic heterocycles. The minimum Gasteiger partial charge on any atom is -0.432 e. The van der Waals surface area contributed by atoms with Gasteiger partial charge in [0.15, 0.2) is 6.10 Å². The number of hydrogen-bond acceptors (Lipinski definition) is 4. The predicted molar refractivity (Wildman–Crippen MR) is 35.4 cm³/mol. The van der Waals surface area contributed by atoms with Gasteiger partial charge in [-0.1, -0.05) is 0 Å². The smallest absolute Gasteiger partial charge is 0.338 e. The van der Waals surface area contributed by atoms with E-state index < -0.39 is 17.9 Å². The number of hydrogen-bond donors (Lipinski definition) is 0. The lowest BCUT2D eigenvalue weighted by Gasteiger charge is -2.14. The van der Waals surface area contributed by atoms with E-state index in [1.807, 2.05) is 0 Å². The van der Waals surface area contributed by atoms with Crippen LogP contribution in [0.3, 0.4) is 0 Å². The molecule has 4 heteroatoms. The topological polar surface area (TPSA) is 52.6 Å². The number of rotatable bonds is 2. The van der Waals surface area contributed by atoms with Gasteiger partial charge < -0.3 is 9.47 Å². The standard InChI is InChI=1S/C7H9O4/c1-7(2)10-5(3-4-8)6(9)11-7/h5H,3H2,1-2H3/t5-/m1/s1. The minimum absolute atomic E-state index is 0.0533. The zero-order valence-corrected chi connectivity index (χ0v) is 6.42. The van der Waals surface area contributed by atoms with Crippen molar-refractivity contribution < 1.29 is 19.1 Å². The molecule has 1 saturated heterocycles. The van der Waals surface area contributed by atoms with Crippen molar-refractivity contribution >= 4 is 12.3 Å². The van der Waals surface area contributed by atoms with Gasteiger partial charge in [-0.15, -0.1) is 0 Å². The fourth-order valence-electron chi connectivity index (χ4n) is 0.923. The van der Waals surface area contributed by atoms with Crippen molar-refractivity contribution in [3.63, 3.8) is 0 Å². The molecule has 4 nitrogen and oxygen atoms in total. The number of ether oxygens (including phenoxy) is 2. The predicted octanol–water partition coefficient (Wildman–Crippen LogP) is 0.164. The largest absolute Gasteiger partial charge is 0.432 e. The van der Waals surface area contributed by atoms with E-state index >= 15 is 0 Å². The SMILES string of the molecule is CC1(C)OC(=O)[C@@H](C[C]=O)O1. The van der Waals surface area contributed by atoms with Crippen LogP contribution in [0.15, 0.2) is 0 Å². The number of carbonyl (C=O) groups excluding carboxylic acids is 2. The van der Waals surface area contributed by atoms with E-state index in [0.29, 0.717) is 0 Å². The van der Waals surface area contributed by atoms with Gasteiger partial charge in [-0.05, 0) is 0 Å². The zero-order chi connectivity index (χ0) is 8.48. The Labute approximate surface area is 64.5 Å². The van der Waals surface area contributed by atoms with Crippen LogP contribution in [0.1, 0.15) is 20.3 Å². The van der Waals surface area contributed by atoms with Crippen LogP contribution in [-0.4, -0.2) is 24.1 Å². The summed E-state index contributed by atoms with van der Waals surface area (Å²) in [5.41, 5.74) is 0. The highest BCUT2D eigenvalue weighted by Gasteiger charge is 2.40. The molecule has 1 rings (SSSR count). The highest BCUT2D eigenvalue weighted by molar-refractivity contribution is 5.79. The third-order valence-corrected chi connectivity index (χ3v) is 1.30. The summed E-state index contributed by atoms with van der Waals surface area (Å²) < 4.78 is 9.84. The Morgan fingerprint density at radius 3 is 2.64 bits per heavy atom. The van der Waals surface area contributed by atoms with Crippen LogP contribution in [0.5, 0.6) is 0 Å². The molecular weight excluding hydrogens is 148 g/mol. The molecule has 0 aliphatic carbocycles. The van der Waals surface area contributed by atoms with Gasteiger partial charge in [-0.25, -0.2) is 4.79 Å². The van der Waals surface area contributed by atoms with Crippen molar-refractivity contribution in [1.29, 1.82) is 0 Å². The lowest BCUT2D eigenvalue weighted by Crippen LogP contribution is -2.21. The Hall–Kier alpha value is -0.900. The molecule has 0 bridgehead atoms. The van der Waals surface area contributed by atoms with Crippen LogP contribution in [0.4, 0.5) is 0 Å². The van der Waals surface area contributed by atoms with Gasteiger partial charge in [0.25, 0.3) is 0 Å². The summed E-state index contributed by atoms with van der Waals surface area (Å²) in [6.07, 6.45) is 0.787. The Morgan fingerprint density at radius 2 is 2.27 bits per heavy atom. The maximum Gasteiger partial charge on any atom is 0.338 e. The molecule has 0 N–H and O–H groups in total. The molecule has 0 amide bonds. The molecule has 11 heavy (non-hydrogen) atoms. The zero-order valence-electron chi connectivity index (χ0n) is 6.42. The third-order valence-electron chi connectivity index (χ3n) is 1.30. The van der Waals surface area contributed by atoms with Crippen LogP contribution < -0.4 is 0 Å². The molecule has 1 atom stereocenters. The molecule has 0 saturated carbocycles. The second-order valence-electron chi connectivity index (χ2n) is 2.78. The summed E-state index contributed by atoms with van der Waals surface area (Å²) in [4.78, 5) is 20.8. The van der Waals surface area contributed by atoms with E-state index in [-0.39, 0.29) is 6.42 Å². The van der Waals surface area contributed by atoms with E-state index in [9.17, 15) is 9.59 Å². The fraction of sp³-hybridized carbons (Fsp3) is 0.714. The van der Waals surface area contributed by atoms with E-state index in [1.54, 1.807) is 20.1 Å². The molecule has 0 aromatic carbocycles. The van der Waals surface area contributed by atoms with Gasteiger partial charge in [0.1, 0.15) is 0 Å². The molecule has 0 aromatic rings. The van der Waals surface area contributed by atoms with Gasteiger partial charge >= 0.3 is 5.97 Å². The Kier molecular flexibility index (Phi) is 1.95. The summed E-state index contributed by atoms with van der Waals surface area (Å²) >= 11 is 0. The average Bonchev–Trinajstić information content (AvgIpc) is 2.07. The molecule has 1 fully saturated rings. The lowest BCUT2D eigenvalue weighted by atomic mass is 10.3. The first-order valence-corrected chi connectivity index (χ1v) is 3.31. The maximum atomic E-state index is 10.9. The minimum atomic E-state index is -0.890. The molecule has 1 heterocycles. The second kappa shape index (κ2) is 2.62. The van der Waals surface area contributed by atoms with Gasteiger partial charge in [-0.2, -0.15) is 0 Å². The molecule has 61 valence electrons. The maximum absolute atomic E-state index is 10.9. The molecule has 0 unspecified atom stereocenters. The van der Waals surface area contributed by atoms with Gasteiger partial charge in [0, 0.05) is 13.8 Å². The van der Waals surface area contributed by atoms with E-state index in [2.05, 4.69) is 0 Å². The molecule has 0 spiro atoms. The highest BCUT2D eigenvalue weighted by atomic mass is 16.8. The van der Waals surface area contributed by atoms with Crippen LogP contribution in [-0.2, 0) is 19.1 Å². The first kappa shape index (κ1) is 8.20. The third kappa shape index (κ3) is 1.77. The highest BCUT2D eigenvalue weighted by Crippen LogP contribution is 2.24. The van der Waals surface area contributed by atoms with Gasteiger partial charge in [0.05, 0.1) is 6.42 Å². The molecule has 1 aliphatic rings. The summed E-state index contributed by atoms with van der Waals surface area (Å²) in [7, 11) is 0. The number of esters is 1. The van der Waals surface area contributed by atoms with Crippen LogP contribution >= 0.6 is 0 Å².